The summed E-state index contributed by atoms with van der Waals surface area (Å²) in [5.74, 6) is -0.383. The number of aryl methyl sites for hydroxylation is 1. The van der Waals surface area contributed by atoms with E-state index in [1.165, 1.54) is 4.90 Å². The number of rotatable bonds is 13. The molecule has 0 amide bonds. The molecule has 2 aromatic carbocycles. The number of halogens is 1. The first-order chi connectivity index (χ1) is 19.3. The third kappa shape index (κ3) is 6.91. The zero-order chi connectivity index (χ0) is 28.6. The topological polar surface area (TPSA) is 139 Å². The van der Waals surface area contributed by atoms with Crippen molar-refractivity contribution in [1.29, 1.82) is 0 Å². The first kappa shape index (κ1) is 28.9. The second-order valence-electron chi connectivity index (χ2n) is 9.62. The number of aromatic nitrogens is 6. The second kappa shape index (κ2) is 13.3. The Morgan fingerprint density at radius 2 is 1.85 bits per heavy atom. The van der Waals surface area contributed by atoms with Crippen LogP contribution in [0.3, 0.4) is 0 Å². The summed E-state index contributed by atoms with van der Waals surface area (Å²) in [6, 6.07) is 15.1. The normalized spacial score (nSPS) is 12.0. The number of ether oxygens (including phenoxy) is 1. The van der Waals surface area contributed by atoms with E-state index in [0.29, 0.717) is 18.1 Å². The predicted octanol–water partition coefficient (Wildman–Crippen LogP) is 4.22. The van der Waals surface area contributed by atoms with Crippen LogP contribution >= 0.6 is 11.6 Å². The van der Waals surface area contributed by atoms with E-state index in [0.717, 1.165) is 47.3 Å². The molecule has 0 saturated heterocycles. The van der Waals surface area contributed by atoms with Gasteiger partial charge in [0.2, 0.25) is 5.82 Å². The van der Waals surface area contributed by atoms with Gasteiger partial charge in [-0.25, -0.2) is 4.98 Å². The summed E-state index contributed by atoms with van der Waals surface area (Å²) in [6.07, 6.45) is 2.28. The molecule has 12 heteroatoms. The van der Waals surface area contributed by atoms with Gasteiger partial charge in [-0.3, -0.25) is 14.5 Å². The van der Waals surface area contributed by atoms with Gasteiger partial charge in [0.1, 0.15) is 18.5 Å². The van der Waals surface area contributed by atoms with Crippen molar-refractivity contribution in [2.45, 2.75) is 51.8 Å². The molecule has 2 heterocycles. The minimum Gasteiger partial charge on any atom is -0.481 e. The fourth-order valence-electron chi connectivity index (χ4n) is 4.41. The number of H-pyrrole nitrogens is 1. The monoisotopic (exact) mass is 565 g/mol. The molecule has 0 spiro atoms. The first-order valence-corrected chi connectivity index (χ1v) is 13.4. The lowest BCUT2D eigenvalue weighted by Crippen LogP contribution is -2.39. The number of hydrogen-bond acceptors (Lipinski definition) is 8. The predicted molar refractivity (Wildman–Crippen MR) is 150 cm³/mol. The van der Waals surface area contributed by atoms with Crippen LogP contribution in [0.1, 0.15) is 43.3 Å². The van der Waals surface area contributed by atoms with Crippen LogP contribution in [0.5, 0.6) is 0 Å². The molecule has 4 aromatic rings. The highest BCUT2D eigenvalue weighted by molar-refractivity contribution is 6.30. The van der Waals surface area contributed by atoms with Gasteiger partial charge in [-0.15, -0.1) is 10.2 Å². The van der Waals surface area contributed by atoms with Crippen LogP contribution in [0.15, 0.2) is 48.5 Å². The summed E-state index contributed by atoms with van der Waals surface area (Å²) < 4.78 is 7.53. The molecule has 2 N–H and O–H groups in total. The number of nitrogens with one attached hydrogen (secondary N) is 1. The Morgan fingerprint density at radius 3 is 2.48 bits per heavy atom. The van der Waals surface area contributed by atoms with Gasteiger partial charge in [-0.05, 0) is 42.4 Å². The van der Waals surface area contributed by atoms with Crippen molar-refractivity contribution in [3.05, 3.63) is 70.8 Å². The smallest absolute Gasteiger partial charge is 0.324 e. The van der Waals surface area contributed by atoms with E-state index in [1.54, 1.807) is 14.1 Å². The summed E-state index contributed by atoms with van der Waals surface area (Å²) in [6.45, 7) is 2.47. The molecule has 0 bridgehead atoms. The lowest BCUT2D eigenvalue weighted by atomic mass is 9.98. The zero-order valence-electron chi connectivity index (χ0n) is 22.7. The lowest BCUT2D eigenvalue weighted by Gasteiger charge is -2.21. The van der Waals surface area contributed by atoms with E-state index in [4.69, 9.17) is 16.3 Å². The van der Waals surface area contributed by atoms with Gasteiger partial charge < -0.3 is 14.4 Å². The summed E-state index contributed by atoms with van der Waals surface area (Å²) in [7, 11) is 3.28. The molecule has 2 aromatic heterocycles. The van der Waals surface area contributed by atoms with Crippen molar-refractivity contribution < 1.29 is 19.4 Å². The average molecular weight is 566 g/mol. The molecule has 0 aliphatic heterocycles. The summed E-state index contributed by atoms with van der Waals surface area (Å²) >= 11 is 6.53. The quantitative estimate of drug-likeness (QED) is 0.228. The molecular weight excluding hydrogens is 534 g/mol. The van der Waals surface area contributed by atoms with Crippen molar-refractivity contribution in [3.63, 3.8) is 0 Å². The maximum absolute atomic E-state index is 12.7. The zero-order valence-corrected chi connectivity index (χ0v) is 23.4. The number of carbonyl (C=O) groups excluding carboxylic acids is 1. The summed E-state index contributed by atoms with van der Waals surface area (Å²) in [4.78, 5) is 30.0. The highest BCUT2D eigenvalue weighted by Crippen LogP contribution is 2.30. The number of carboxylic acids is 1. The molecule has 0 unspecified atom stereocenters. The fraction of sp³-hybridized carbons (Fsp3) is 0.357. The Balaban J connectivity index is 1.57. The van der Waals surface area contributed by atoms with Gasteiger partial charge in [0.15, 0.2) is 5.15 Å². The van der Waals surface area contributed by atoms with Crippen molar-refractivity contribution in [2.75, 3.05) is 14.1 Å². The Morgan fingerprint density at radius 1 is 1.12 bits per heavy atom. The largest absolute Gasteiger partial charge is 0.481 e. The molecule has 210 valence electrons. The van der Waals surface area contributed by atoms with Crippen molar-refractivity contribution in [1.82, 2.24) is 35.1 Å². The highest BCUT2D eigenvalue weighted by Gasteiger charge is 2.27. The van der Waals surface area contributed by atoms with Crippen molar-refractivity contribution >= 4 is 23.5 Å². The van der Waals surface area contributed by atoms with Crippen LogP contribution in [0, 0.1) is 0 Å². The number of esters is 1. The minimum absolute atomic E-state index is 0.114. The third-order valence-corrected chi connectivity index (χ3v) is 6.89. The SMILES string of the molecule is CCCCc1nc(Cl)c(COC(=O)[C@H](CC(=O)O)N(C)C)n1Cc1ccc(-c2ccccc2-c2nn[nH]n2)cc1. The van der Waals surface area contributed by atoms with E-state index < -0.39 is 18.0 Å². The highest BCUT2D eigenvalue weighted by atomic mass is 35.5. The number of benzene rings is 2. The molecule has 0 aliphatic carbocycles. The number of aromatic amines is 1. The molecule has 0 aliphatic rings. The Kier molecular flexibility index (Phi) is 9.62. The van der Waals surface area contributed by atoms with E-state index in [-0.39, 0.29) is 18.2 Å². The number of carboxylic acid groups (broad SMARTS) is 1. The number of hydrogen-bond donors (Lipinski definition) is 2. The van der Waals surface area contributed by atoms with Crippen molar-refractivity contribution in [2.24, 2.45) is 0 Å². The molecule has 40 heavy (non-hydrogen) atoms. The van der Waals surface area contributed by atoms with Crippen LogP contribution in [-0.2, 0) is 33.9 Å². The molecule has 4 rings (SSSR count). The summed E-state index contributed by atoms with van der Waals surface area (Å²) in [5, 5.41) is 23.9. The van der Waals surface area contributed by atoms with Crippen molar-refractivity contribution in [3.8, 4) is 22.5 Å². The van der Waals surface area contributed by atoms with Crippen LogP contribution in [0.4, 0.5) is 0 Å². The van der Waals surface area contributed by atoms with Gasteiger partial charge in [0, 0.05) is 18.5 Å². The number of carbonyl (C=O) groups is 2. The maximum atomic E-state index is 12.7. The second-order valence-corrected chi connectivity index (χ2v) is 9.98. The van der Waals surface area contributed by atoms with Crippen LogP contribution < -0.4 is 0 Å². The number of aliphatic carboxylic acids is 1. The molecule has 0 saturated carbocycles. The van der Waals surface area contributed by atoms with Gasteiger partial charge in [0.05, 0.1) is 12.1 Å². The van der Waals surface area contributed by atoms with E-state index >= 15 is 0 Å². The molecular formula is C28H32ClN7O4. The molecule has 0 fully saturated rings. The number of imidazole rings is 1. The van der Waals surface area contributed by atoms with Crippen LogP contribution in [0.25, 0.3) is 22.5 Å². The van der Waals surface area contributed by atoms with Gasteiger partial charge in [-0.2, -0.15) is 5.21 Å². The maximum Gasteiger partial charge on any atom is 0.324 e. The molecule has 0 radical (unpaired) electrons. The Bertz CT molecular complexity index is 1440. The van der Waals surface area contributed by atoms with Gasteiger partial charge >= 0.3 is 11.9 Å². The minimum atomic E-state index is -1.08. The van der Waals surface area contributed by atoms with E-state index in [9.17, 15) is 14.7 Å². The average Bonchev–Trinajstić information content (AvgIpc) is 3.58. The lowest BCUT2D eigenvalue weighted by molar-refractivity contribution is -0.154. The Hall–Kier alpha value is -4.09. The van der Waals surface area contributed by atoms with Gasteiger partial charge in [-0.1, -0.05) is 73.5 Å². The third-order valence-electron chi connectivity index (χ3n) is 6.59. The standard InChI is InChI=1S/C28H32ClN7O4/c1-4-5-10-24-30-26(29)23(17-40-28(39)22(35(2)3)15-25(37)38)36(24)16-18-11-13-19(14-12-18)20-8-6-7-9-21(20)27-31-33-34-32-27/h6-9,11-14,22H,4-5,10,15-17H2,1-3H3,(H,37,38)(H,31,32,33,34)/t22-/m0/s1. The fourth-order valence-corrected chi connectivity index (χ4v) is 4.67. The number of nitrogens with zero attached hydrogens (tertiary/aromatic N) is 6. The first-order valence-electron chi connectivity index (χ1n) is 13.0. The molecule has 1 atom stereocenters. The number of tetrazole rings is 1. The number of likely N-dealkylation sites (N-methyl/N-ethyl adjacent to an activating group) is 1. The van der Waals surface area contributed by atoms with E-state index in [2.05, 4.69) is 32.5 Å². The number of unbranched alkanes of at least 4 members (excludes halogenated alkanes) is 1. The van der Waals surface area contributed by atoms with Crippen LogP contribution in [0.2, 0.25) is 5.15 Å². The Labute approximate surface area is 237 Å². The van der Waals surface area contributed by atoms with E-state index in [1.807, 2.05) is 53.1 Å². The molecule has 11 nitrogen and oxygen atoms in total. The van der Waals surface area contributed by atoms with Crippen LogP contribution in [-0.4, -0.2) is 72.3 Å². The summed E-state index contributed by atoms with van der Waals surface area (Å²) in [5.41, 5.74) is 4.43. The van der Waals surface area contributed by atoms with Gasteiger partial charge in [0.25, 0.3) is 0 Å².